The van der Waals surface area contributed by atoms with Crippen LogP contribution in [0.4, 0.5) is 13.2 Å². The zero-order chi connectivity index (χ0) is 30.4. The maximum atomic E-state index is 13.5. The number of likely N-dealkylation sites (N-methyl/N-ethyl adjacent to an activating group) is 1. The monoisotopic (exact) mass is 623 g/mol. The van der Waals surface area contributed by atoms with E-state index in [-0.39, 0.29) is 11.6 Å². The summed E-state index contributed by atoms with van der Waals surface area (Å²) in [5.41, 5.74) is 1.55. The molecule has 43 heavy (non-hydrogen) atoms. The molecule has 3 heterocycles. The lowest BCUT2D eigenvalue weighted by atomic mass is 10.2. The average Bonchev–Trinajstić information content (AvgIpc) is 3.66. The van der Waals surface area contributed by atoms with E-state index in [2.05, 4.69) is 20.2 Å². The molecule has 0 saturated heterocycles. The number of aromatic nitrogens is 5. The zero-order valence-electron chi connectivity index (χ0n) is 23.4. The number of hydrogen-bond donors (Lipinski definition) is 0. The Morgan fingerprint density at radius 1 is 0.977 bits per heavy atom. The van der Waals surface area contributed by atoms with Crippen LogP contribution in [0.1, 0.15) is 26.6 Å². The van der Waals surface area contributed by atoms with Crippen molar-refractivity contribution in [3.63, 3.8) is 0 Å². The van der Waals surface area contributed by atoms with Crippen molar-refractivity contribution in [2.75, 3.05) is 27.2 Å². The summed E-state index contributed by atoms with van der Waals surface area (Å²) in [6.07, 6.45) is -1.33. The smallest absolute Gasteiger partial charge is 0.332 e. The van der Waals surface area contributed by atoms with E-state index < -0.39 is 11.7 Å². The number of hydrogen-bond acceptors (Lipinski definition) is 8. The van der Waals surface area contributed by atoms with E-state index in [0.29, 0.717) is 52.6 Å². The average molecular weight is 624 g/mol. The Morgan fingerprint density at radius 2 is 1.74 bits per heavy atom. The summed E-state index contributed by atoms with van der Waals surface area (Å²) in [5, 5.41) is 11.4. The van der Waals surface area contributed by atoms with Gasteiger partial charge in [0, 0.05) is 43.0 Å². The van der Waals surface area contributed by atoms with Crippen molar-refractivity contribution in [3.05, 3.63) is 106 Å². The van der Waals surface area contributed by atoms with Crippen molar-refractivity contribution in [2.24, 2.45) is 0 Å². The molecule has 2 aromatic carbocycles. The minimum atomic E-state index is -4.50. The fraction of sp³-hybridized carbons (Fsp3) is 0.233. The molecule has 13 heteroatoms. The Hall–Kier alpha value is -4.07. The summed E-state index contributed by atoms with van der Waals surface area (Å²) in [5.74, 6) is 0.573. The van der Waals surface area contributed by atoms with Gasteiger partial charge in [-0.3, -0.25) is 14.3 Å². The molecule has 1 amide bonds. The first kappa shape index (κ1) is 30.4. The number of carbonyl (C=O) groups excluding carboxylic acids is 1. The molecule has 0 aliphatic heterocycles. The first-order valence-electron chi connectivity index (χ1n) is 13.3. The highest BCUT2D eigenvalue weighted by Crippen LogP contribution is 2.34. The molecular weight excluding hydrogens is 596 g/mol. The SMILES string of the molecule is CN(C)CCN(Cc1ccccc1)C(=O)c1csc(CSc2nnc(-c3ccncc3)n2-c2cccc(C(F)(F)F)c2)n1. The first-order valence-corrected chi connectivity index (χ1v) is 15.1. The Labute approximate surface area is 255 Å². The lowest BCUT2D eigenvalue weighted by molar-refractivity contribution is -0.137. The van der Waals surface area contributed by atoms with Gasteiger partial charge in [-0.05, 0) is 50.0 Å². The van der Waals surface area contributed by atoms with Gasteiger partial charge < -0.3 is 9.80 Å². The molecule has 0 N–H and O–H groups in total. The molecule has 5 aromatic rings. The Balaban J connectivity index is 1.38. The lowest BCUT2D eigenvalue weighted by Gasteiger charge is -2.24. The van der Waals surface area contributed by atoms with Crippen LogP contribution in [0.25, 0.3) is 17.1 Å². The predicted octanol–water partition coefficient (Wildman–Crippen LogP) is 6.30. The minimum Gasteiger partial charge on any atom is -0.332 e. The first-order chi connectivity index (χ1) is 20.7. The molecule has 222 valence electrons. The summed E-state index contributed by atoms with van der Waals surface area (Å²) < 4.78 is 42.2. The molecule has 0 unspecified atom stereocenters. The number of thiazole rings is 1. The lowest BCUT2D eigenvalue weighted by Crippen LogP contribution is -2.36. The van der Waals surface area contributed by atoms with Gasteiger partial charge in [0.2, 0.25) is 0 Å². The highest BCUT2D eigenvalue weighted by atomic mass is 32.2. The molecule has 0 bridgehead atoms. The Kier molecular flexibility index (Phi) is 9.53. The Bertz CT molecular complexity index is 1660. The number of pyridine rings is 1. The van der Waals surface area contributed by atoms with Crippen molar-refractivity contribution in [2.45, 2.75) is 23.6 Å². The number of alkyl halides is 3. The van der Waals surface area contributed by atoms with Crippen LogP contribution in [0.5, 0.6) is 0 Å². The number of benzene rings is 2. The highest BCUT2D eigenvalue weighted by Gasteiger charge is 2.31. The third kappa shape index (κ3) is 7.66. The Morgan fingerprint density at radius 3 is 2.47 bits per heavy atom. The van der Waals surface area contributed by atoms with Gasteiger partial charge in [0.1, 0.15) is 10.7 Å². The molecule has 8 nitrogen and oxygen atoms in total. The molecule has 0 fully saturated rings. The second-order valence-electron chi connectivity index (χ2n) is 9.86. The zero-order valence-corrected chi connectivity index (χ0v) is 25.0. The minimum absolute atomic E-state index is 0.162. The van der Waals surface area contributed by atoms with Crippen LogP contribution in [-0.2, 0) is 18.5 Å². The summed E-state index contributed by atoms with van der Waals surface area (Å²) in [6.45, 7) is 1.71. The van der Waals surface area contributed by atoms with Gasteiger partial charge in [-0.1, -0.05) is 48.2 Å². The van der Waals surface area contributed by atoms with Crippen LogP contribution in [0.3, 0.4) is 0 Å². The molecule has 0 aliphatic rings. The molecular formula is C30H28F3N7OS2. The van der Waals surface area contributed by atoms with E-state index in [1.807, 2.05) is 49.3 Å². The van der Waals surface area contributed by atoms with Crippen LogP contribution in [0, 0.1) is 0 Å². The standard InChI is InChI=1S/C30H28F3N7OS2/c1-38(2)15-16-39(18-21-7-4-3-5-8-21)28(41)25-19-42-26(35-25)20-43-29-37-36-27(22-11-13-34-14-12-22)40(29)24-10-6-9-23(17-24)30(31,32)33/h3-14,17,19H,15-16,18,20H2,1-2H3. The predicted molar refractivity (Wildman–Crippen MR) is 161 cm³/mol. The normalized spacial score (nSPS) is 11.7. The highest BCUT2D eigenvalue weighted by molar-refractivity contribution is 7.98. The van der Waals surface area contributed by atoms with Crippen molar-refractivity contribution < 1.29 is 18.0 Å². The summed E-state index contributed by atoms with van der Waals surface area (Å²) in [6, 6.07) is 18.3. The fourth-order valence-electron chi connectivity index (χ4n) is 4.25. The molecule has 0 radical (unpaired) electrons. The molecule has 3 aromatic heterocycles. The topological polar surface area (TPSA) is 80.0 Å². The number of amides is 1. The van der Waals surface area contributed by atoms with Gasteiger partial charge in [0.25, 0.3) is 5.91 Å². The largest absolute Gasteiger partial charge is 0.416 e. The van der Waals surface area contributed by atoms with E-state index in [0.717, 1.165) is 17.7 Å². The number of rotatable bonds is 11. The third-order valence-corrected chi connectivity index (χ3v) is 8.39. The van der Waals surface area contributed by atoms with Gasteiger partial charge in [0.05, 0.1) is 17.0 Å². The third-order valence-electron chi connectivity index (χ3n) is 6.42. The van der Waals surface area contributed by atoms with Crippen molar-refractivity contribution in [1.29, 1.82) is 0 Å². The maximum Gasteiger partial charge on any atom is 0.416 e. The van der Waals surface area contributed by atoms with E-state index in [4.69, 9.17) is 0 Å². The maximum absolute atomic E-state index is 13.5. The fourth-order valence-corrected chi connectivity index (χ4v) is 5.98. The van der Waals surface area contributed by atoms with E-state index >= 15 is 0 Å². The summed E-state index contributed by atoms with van der Waals surface area (Å²) >= 11 is 2.63. The number of thioether (sulfide) groups is 1. The summed E-state index contributed by atoms with van der Waals surface area (Å²) in [7, 11) is 3.92. The van der Waals surface area contributed by atoms with Crippen molar-refractivity contribution >= 4 is 29.0 Å². The van der Waals surface area contributed by atoms with E-state index in [1.165, 1.54) is 29.2 Å². The number of nitrogens with zero attached hydrogens (tertiary/aromatic N) is 7. The number of carbonyl (C=O) groups is 1. The molecule has 5 rings (SSSR count). The van der Waals surface area contributed by atoms with Gasteiger partial charge in [0.15, 0.2) is 11.0 Å². The van der Waals surface area contributed by atoms with Crippen LogP contribution < -0.4 is 0 Å². The molecule has 0 atom stereocenters. The molecule has 0 spiro atoms. The van der Waals surface area contributed by atoms with Gasteiger partial charge >= 0.3 is 6.18 Å². The van der Waals surface area contributed by atoms with Crippen LogP contribution in [0.2, 0.25) is 0 Å². The second-order valence-corrected chi connectivity index (χ2v) is 11.7. The quantitative estimate of drug-likeness (QED) is 0.160. The van der Waals surface area contributed by atoms with E-state index in [9.17, 15) is 18.0 Å². The summed E-state index contributed by atoms with van der Waals surface area (Å²) in [4.78, 5) is 25.9. The van der Waals surface area contributed by atoms with Crippen molar-refractivity contribution in [1.82, 2.24) is 34.5 Å². The van der Waals surface area contributed by atoms with Gasteiger partial charge in [-0.25, -0.2) is 4.98 Å². The van der Waals surface area contributed by atoms with E-state index in [1.54, 1.807) is 45.4 Å². The number of halogens is 3. The van der Waals surface area contributed by atoms with Crippen LogP contribution in [0.15, 0.2) is 89.7 Å². The second kappa shape index (κ2) is 13.5. The van der Waals surface area contributed by atoms with Gasteiger partial charge in [-0.15, -0.1) is 21.5 Å². The van der Waals surface area contributed by atoms with Crippen LogP contribution in [-0.4, -0.2) is 67.6 Å². The molecule has 0 aliphatic carbocycles. The van der Waals surface area contributed by atoms with Crippen molar-refractivity contribution in [3.8, 4) is 17.1 Å². The van der Waals surface area contributed by atoms with Gasteiger partial charge in [-0.2, -0.15) is 13.2 Å². The molecule has 0 saturated carbocycles. The van der Waals surface area contributed by atoms with Crippen LogP contribution >= 0.6 is 23.1 Å².